The average molecular weight is 433 g/mol. The van der Waals surface area contributed by atoms with Gasteiger partial charge >= 0.3 is 0 Å². The first kappa shape index (κ1) is 21.4. The monoisotopic (exact) mass is 432 g/mol. The molecule has 0 bridgehead atoms. The lowest BCUT2D eigenvalue weighted by Crippen LogP contribution is -2.20. The fraction of sp³-hybridized carbons (Fsp3) is 0.333. The maximum Gasteiger partial charge on any atom is 0.228 e. The molecule has 0 saturated heterocycles. The van der Waals surface area contributed by atoms with Crippen molar-refractivity contribution >= 4 is 44.8 Å². The first-order valence-corrected chi connectivity index (χ1v) is 12.1. The third-order valence-electron chi connectivity index (χ3n) is 4.75. The number of fused-ring (bicyclic) bond motifs is 1. The van der Waals surface area contributed by atoms with Crippen LogP contribution >= 0.6 is 11.8 Å². The van der Waals surface area contributed by atoms with E-state index in [1.165, 1.54) is 23.9 Å². The van der Waals surface area contributed by atoms with Crippen LogP contribution in [0, 0.1) is 5.92 Å². The van der Waals surface area contributed by atoms with Crippen LogP contribution in [0.1, 0.15) is 25.8 Å². The lowest BCUT2D eigenvalue weighted by molar-refractivity contribution is -0.118. The van der Waals surface area contributed by atoms with Crippen molar-refractivity contribution in [3.05, 3.63) is 48.0 Å². The summed E-state index contributed by atoms with van der Waals surface area (Å²) in [5, 5.41) is 5.51. The molecule has 0 spiro atoms. The third-order valence-corrected chi connectivity index (χ3v) is 7.80. The van der Waals surface area contributed by atoms with Gasteiger partial charge in [0.25, 0.3) is 0 Å². The van der Waals surface area contributed by atoms with Gasteiger partial charge in [-0.25, -0.2) is 8.42 Å². The first-order chi connectivity index (χ1) is 13.8. The minimum absolute atomic E-state index is 0.104. The van der Waals surface area contributed by atoms with Gasteiger partial charge in [-0.1, -0.05) is 26.0 Å². The van der Waals surface area contributed by atoms with Crippen molar-refractivity contribution in [2.24, 2.45) is 5.92 Å². The normalized spacial score (nSPS) is 16.5. The number of rotatable bonds is 6. The van der Waals surface area contributed by atoms with Crippen molar-refractivity contribution in [2.75, 3.05) is 22.1 Å². The average Bonchev–Trinajstić information content (AvgIpc) is 2.85. The number of hydrogen-bond acceptors (Lipinski definition) is 5. The van der Waals surface area contributed by atoms with Crippen LogP contribution in [0.4, 0.5) is 11.4 Å². The second kappa shape index (κ2) is 9.00. The van der Waals surface area contributed by atoms with E-state index in [0.29, 0.717) is 17.1 Å². The summed E-state index contributed by atoms with van der Waals surface area (Å²) in [6, 6.07) is 12.2. The Hall–Kier alpha value is -2.32. The molecule has 0 radical (unpaired) electrons. The van der Waals surface area contributed by atoms with Gasteiger partial charge in [-0.15, -0.1) is 11.8 Å². The summed E-state index contributed by atoms with van der Waals surface area (Å²) in [7, 11) is -3.66. The molecule has 2 aromatic carbocycles. The van der Waals surface area contributed by atoms with Gasteiger partial charge in [0.05, 0.1) is 16.3 Å². The van der Waals surface area contributed by atoms with Crippen molar-refractivity contribution in [1.82, 2.24) is 0 Å². The smallest absolute Gasteiger partial charge is 0.228 e. The molecule has 1 aliphatic rings. The molecule has 0 aliphatic carbocycles. The van der Waals surface area contributed by atoms with Gasteiger partial charge in [-0.3, -0.25) is 9.59 Å². The van der Waals surface area contributed by atoms with E-state index in [1.54, 1.807) is 18.2 Å². The fourth-order valence-electron chi connectivity index (χ4n) is 2.86. The SMILES string of the molecule is CCc1ccc(NC(=O)CCS(=O)(=O)c2ccc3c(c2)NC(=O)C(C)CS3)cc1. The van der Waals surface area contributed by atoms with Gasteiger partial charge in [0.15, 0.2) is 9.84 Å². The van der Waals surface area contributed by atoms with Crippen LogP contribution in [0.2, 0.25) is 0 Å². The summed E-state index contributed by atoms with van der Waals surface area (Å²) in [6.07, 6.45) is 0.762. The zero-order valence-electron chi connectivity index (χ0n) is 16.4. The number of anilines is 2. The van der Waals surface area contributed by atoms with Crippen molar-refractivity contribution < 1.29 is 18.0 Å². The fourth-order valence-corrected chi connectivity index (χ4v) is 5.14. The van der Waals surface area contributed by atoms with Crippen molar-refractivity contribution in [2.45, 2.75) is 36.5 Å². The number of amides is 2. The van der Waals surface area contributed by atoms with E-state index < -0.39 is 9.84 Å². The molecule has 8 heteroatoms. The highest BCUT2D eigenvalue weighted by Gasteiger charge is 2.23. The Morgan fingerprint density at radius 3 is 2.62 bits per heavy atom. The molecule has 6 nitrogen and oxygen atoms in total. The summed E-state index contributed by atoms with van der Waals surface area (Å²) < 4.78 is 25.4. The highest BCUT2D eigenvalue weighted by molar-refractivity contribution is 7.99. The second-order valence-electron chi connectivity index (χ2n) is 7.03. The van der Waals surface area contributed by atoms with Crippen molar-refractivity contribution in [3.63, 3.8) is 0 Å². The number of sulfone groups is 1. The summed E-state index contributed by atoms with van der Waals surface area (Å²) in [5.41, 5.74) is 2.31. The molecular formula is C21H24N2O4S2. The largest absolute Gasteiger partial charge is 0.326 e. The molecular weight excluding hydrogens is 408 g/mol. The molecule has 1 atom stereocenters. The number of aryl methyl sites for hydroxylation is 1. The molecule has 0 saturated carbocycles. The zero-order valence-corrected chi connectivity index (χ0v) is 18.0. The number of nitrogens with one attached hydrogen (secondary N) is 2. The molecule has 1 heterocycles. The molecule has 1 aliphatic heterocycles. The first-order valence-electron chi connectivity index (χ1n) is 9.48. The number of thioether (sulfide) groups is 1. The van der Waals surface area contributed by atoms with Gasteiger partial charge in [0.1, 0.15) is 0 Å². The second-order valence-corrected chi connectivity index (χ2v) is 10.2. The van der Waals surface area contributed by atoms with Crippen LogP contribution in [-0.4, -0.2) is 31.7 Å². The van der Waals surface area contributed by atoms with Crippen LogP contribution in [0.5, 0.6) is 0 Å². The Labute approximate surface area is 175 Å². The van der Waals surface area contributed by atoms with E-state index in [-0.39, 0.29) is 34.8 Å². The van der Waals surface area contributed by atoms with E-state index >= 15 is 0 Å². The predicted octanol–water partition coefficient (Wildman–Crippen LogP) is 3.73. The maximum atomic E-state index is 12.7. The third kappa shape index (κ3) is 5.39. The Morgan fingerprint density at radius 2 is 1.93 bits per heavy atom. The Bertz CT molecular complexity index is 1020. The van der Waals surface area contributed by atoms with E-state index in [2.05, 4.69) is 10.6 Å². The van der Waals surface area contributed by atoms with E-state index in [1.807, 2.05) is 26.0 Å². The summed E-state index contributed by atoms with van der Waals surface area (Å²) in [5.74, 6) is -0.293. The van der Waals surface area contributed by atoms with E-state index in [4.69, 9.17) is 0 Å². The Kier molecular flexibility index (Phi) is 6.64. The molecule has 2 N–H and O–H groups in total. The number of benzene rings is 2. The summed E-state index contributed by atoms with van der Waals surface area (Å²) in [4.78, 5) is 25.2. The highest BCUT2D eigenvalue weighted by Crippen LogP contribution is 2.34. The Balaban J connectivity index is 1.65. The van der Waals surface area contributed by atoms with Crippen LogP contribution in [0.15, 0.2) is 52.3 Å². The topological polar surface area (TPSA) is 92.3 Å². The Morgan fingerprint density at radius 1 is 1.21 bits per heavy atom. The molecule has 3 rings (SSSR count). The van der Waals surface area contributed by atoms with E-state index in [9.17, 15) is 18.0 Å². The molecule has 29 heavy (non-hydrogen) atoms. The lowest BCUT2D eigenvalue weighted by atomic mass is 10.1. The minimum Gasteiger partial charge on any atom is -0.326 e. The number of hydrogen-bond donors (Lipinski definition) is 2. The van der Waals surface area contributed by atoms with Gasteiger partial charge in [-0.2, -0.15) is 0 Å². The van der Waals surface area contributed by atoms with Gasteiger partial charge in [0.2, 0.25) is 11.8 Å². The highest BCUT2D eigenvalue weighted by atomic mass is 32.2. The van der Waals surface area contributed by atoms with Crippen LogP contribution in [0.3, 0.4) is 0 Å². The van der Waals surface area contributed by atoms with E-state index in [0.717, 1.165) is 16.9 Å². The van der Waals surface area contributed by atoms with Crippen molar-refractivity contribution in [3.8, 4) is 0 Å². The molecule has 2 aromatic rings. The zero-order chi connectivity index (χ0) is 21.0. The maximum absolute atomic E-state index is 12.7. The predicted molar refractivity (Wildman–Crippen MR) is 116 cm³/mol. The van der Waals surface area contributed by atoms with Gasteiger partial charge in [0, 0.05) is 28.7 Å². The van der Waals surface area contributed by atoms with Crippen LogP contribution in [-0.2, 0) is 25.8 Å². The molecule has 1 unspecified atom stereocenters. The summed E-state index contributed by atoms with van der Waals surface area (Å²) >= 11 is 1.52. The summed E-state index contributed by atoms with van der Waals surface area (Å²) in [6.45, 7) is 3.88. The van der Waals surface area contributed by atoms with Crippen LogP contribution in [0.25, 0.3) is 0 Å². The quantitative estimate of drug-likeness (QED) is 0.726. The molecule has 154 valence electrons. The minimum atomic E-state index is -3.66. The van der Waals surface area contributed by atoms with Crippen molar-refractivity contribution in [1.29, 1.82) is 0 Å². The molecule has 0 fully saturated rings. The standard InChI is InChI=1S/C21H24N2O4S2/c1-3-15-4-6-16(7-5-15)22-20(24)10-11-29(26,27)17-8-9-19-18(12-17)23-21(25)14(2)13-28-19/h4-9,12,14H,3,10-11,13H2,1-2H3,(H,22,24)(H,23,25). The number of carbonyl (C=O) groups excluding carboxylic acids is 2. The van der Waals surface area contributed by atoms with Gasteiger partial charge < -0.3 is 10.6 Å². The molecule has 2 amide bonds. The molecule has 0 aromatic heterocycles. The lowest BCUT2D eigenvalue weighted by Gasteiger charge is -2.10. The van der Waals surface area contributed by atoms with Gasteiger partial charge in [-0.05, 0) is 42.3 Å². The number of carbonyl (C=O) groups is 2. The van der Waals surface area contributed by atoms with Crippen LogP contribution < -0.4 is 10.6 Å².